The summed E-state index contributed by atoms with van der Waals surface area (Å²) < 4.78 is 12.6. The van der Waals surface area contributed by atoms with Gasteiger partial charge in [0.05, 0.1) is 38.1 Å². The molecule has 5 heteroatoms. The summed E-state index contributed by atoms with van der Waals surface area (Å²) in [5, 5.41) is 0. The van der Waals surface area contributed by atoms with E-state index < -0.39 is 0 Å². The van der Waals surface area contributed by atoms with Crippen molar-refractivity contribution in [1.29, 1.82) is 0 Å². The average molecular weight is 289 g/mol. The molecule has 2 N–H and O–H groups in total. The number of rotatable bonds is 6. The molecule has 0 saturated carbocycles. The summed E-state index contributed by atoms with van der Waals surface area (Å²) >= 11 is 0. The SMILES string of the molecule is COc1ccc(-n2cncc2C(N)CC(C)C)cc1OC. The molecule has 0 aliphatic carbocycles. The standard InChI is InChI=1S/C16H23N3O2/c1-11(2)7-13(17)14-9-18-10-19(14)12-5-6-15(20-3)16(8-12)21-4/h5-6,8-11,13H,7,17H2,1-4H3. The van der Waals surface area contributed by atoms with Crippen molar-refractivity contribution in [3.8, 4) is 17.2 Å². The minimum absolute atomic E-state index is 0.0411. The molecular formula is C16H23N3O2. The molecule has 2 aromatic rings. The van der Waals surface area contributed by atoms with E-state index in [9.17, 15) is 0 Å². The summed E-state index contributed by atoms with van der Waals surface area (Å²) in [5.74, 6) is 1.93. The van der Waals surface area contributed by atoms with Gasteiger partial charge in [-0.25, -0.2) is 4.98 Å². The number of benzene rings is 1. The Morgan fingerprint density at radius 1 is 1.19 bits per heavy atom. The van der Waals surface area contributed by atoms with Gasteiger partial charge in [-0.3, -0.25) is 0 Å². The largest absolute Gasteiger partial charge is 0.493 e. The summed E-state index contributed by atoms with van der Waals surface area (Å²) in [7, 11) is 3.25. The quantitative estimate of drug-likeness (QED) is 0.888. The number of hydrogen-bond acceptors (Lipinski definition) is 4. The lowest BCUT2D eigenvalue weighted by Gasteiger charge is -2.17. The van der Waals surface area contributed by atoms with Crippen LogP contribution in [0.1, 0.15) is 32.0 Å². The van der Waals surface area contributed by atoms with Gasteiger partial charge in [-0.15, -0.1) is 0 Å². The minimum atomic E-state index is -0.0411. The van der Waals surface area contributed by atoms with Crippen molar-refractivity contribution >= 4 is 0 Å². The van der Waals surface area contributed by atoms with Crippen LogP contribution in [-0.2, 0) is 0 Å². The molecule has 0 fully saturated rings. The predicted octanol–water partition coefficient (Wildman–Crippen LogP) is 2.94. The first-order chi connectivity index (χ1) is 10.1. The van der Waals surface area contributed by atoms with Crippen LogP contribution in [0, 0.1) is 5.92 Å². The van der Waals surface area contributed by atoms with Crippen LogP contribution in [-0.4, -0.2) is 23.8 Å². The van der Waals surface area contributed by atoms with Gasteiger partial charge < -0.3 is 19.8 Å². The van der Waals surface area contributed by atoms with Gasteiger partial charge in [0.2, 0.25) is 0 Å². The highest BCUT2D eigenvalue weighted by molar-refractivity contribution is 5.49. The minimum Gasteiger partial charge on any atom is -0.493 e. The first-order valence-corrected chi connectivity index (χ1v) is 7.07. The number of nitrogens with two attached hydrogens (primary N) is 1. The van der Waals surface area contributed by atoms with Crippen molar-refractivity contribution in [2.75, 3.05) is 14.2 Å². The van der Waals surface area contributed by atoms with Gasteiger partial charge in [-0.2, -0.15) is 0 Å². The highest BCUT2D eigenvalue weighted by Gasteiger charge is 2.15. The van der Waals surface area contributed by atoms with Crippen LogP contribution in [0.5, 0.6) is 11.5 Å². The zero-order valence-corrected chi connectivity index (χ0v) is 13.0. The van der Waals surface area contributed by atoms with E-state index in [0.29, 0.717) is 17.4 Å². The third-order valence-corrected chi connectivity index (χ3v) is 3.42. The summed E-state index contributed by atoms with van der Waals surface area (Å²) in [4.78, 5) is 4.24. The molecule has 0 aliphatic rings. The molecule has 5 nitrogen and oxygen atoms in total. The molecule has 21 heavy (non-hydrogen) atoms. The average Bonchev–Trinajstić information content (AvgIpc) is 2.95. The van der Waals surface area contributed by atoms with Crippen LogP contribution >= 0.6 is 0 Å². The fraction of sp³-hybridized carbons (Fsp3) is 0.438. The topological polar surface area (TPSA) is 62.3 Å². The van der Waals surface area contributed by atoms with E-state index in [0.717, 1.165) is 17.8 Å². The molecule has 1 heterocycles. The molecule has 1 aromatic heterocycles. The Bertz CT molecular complexity index is 593. The van der Waals surface area contributed by atoms with Gasteiger partial charge in [0.1, 0.15) is 0 Å². The van der Waals surface area contributed by atoms with Crippen molar-refractivity contribution in [2.45, 2.75) is 26.3 Å². The zero-order valence-electron chi connectivity index (χ0n) is 13.0. The van der Waals surface area contributed by atoms with E-state index in [1.807, 2.05) is 29.0 Å². The summed E-state index contributed by atoms with van der Waals surface area (Å²) in [5.41, 5.74) is 8.24. The lowest BCUT2D eigenvalue weighted by molar-refractivity contribution is 0.355. The second-order valence-corrected chi connectivity index (χ2v) is 5.46. The summed E-state index contributed by atoms with van der Waals surface area (Å²) in [6.45, 7) is 4.33. The second kappa shape index (κ2) is 6.63. The van der Waals surface area contributed by atoms with E-state index >= 15 is 0 Å². The van der Waals surface area contributed by atoms with E-state index in [-0.39, 0.29) is 6.04 Å². The third-order valence-electron chi connectivity index (χ3n) is 3.42. The first kappa shape index (κ1) is 15.4. The molecule has 0 spiro atoms. The van der Waals surface area contributed by atoms with Crippen molar-refractivity contribution in [1.82, 2.24) is 9.55 Å². The van der Waals surface area contributed by atoms with Crippen molar-refractivity contribution in [3.05, 3.63) is 36.4 Å². The van der Waals surface area contributed by atoms with Gasteiger partial charge in [0.25, 0.3) is 0 Å². The molecule has 0 bridgehead atoms. The van der Waals surface area contributed by atoms with Crippen LogP contribution in [0.25, 0.3) is 5.69 Å². The van der Waals surface area contributed by atoms with Gasteiger partial charge in [0.15, 0.2) is 11.5 Å². The van der Waals surface area contributed by atoms with Gasteiger partial charge in [-0.05, 0) is 24.5 Å². The Labute approximate surface area is 125 Å². The van der Waals surface area contributed by atoms with Gasteiger partial charge >= 0.3 is 0 Å². The summed E-state index contributed by atoms with van der Waals surface area (Å²) in [6, 6.07) is 5.73. The summed E-state index contributed by atoms with van der Waals surface area (Å²) in [6.07, 6.45) is 4.51. The Morgan fingerprint density at radius 3 is 2.52 bits per heavy atom. The van der Waals surface area contributed by atoms with Crippen LogP contribution in [0.2, 0.25) is 0 Å². The van der Waals surface area contributed by atoms with Gasteiger partial charge in [-0.1, -0.05) is 13.8 Å². The highest BCUT2D eigenvalue weighted by Crippen LogP contribution is 2.30. The number of methoxy groups -OCH3 is 2. The van der Waals surface area contributed by atoms with Crippen LogP contribution in [0.3, 0.4) is 0 Å². The number of imidazole rings is 1. The molecule has 114 valence electrons. The monoisotopic (exact) mass is 289 g/mol. The molecule has 0 saturated heterocycles. The molecule has 0 radical (unpaired) electrons. The van der Waals surface area contributed by atoms with E-state index in [4.69, 9.17) is 15.2 Å². The molecule has 1 aromatic carbocycles. The lowest BCUT2D eigenvalue weighted by atomic mass is 10.0. The Hall–Kier alpha value is -2.01. The number of nitrogens with zero attached hydrogens (tertiary/aromatic N) is 2. The Kier molecular flexibility index (Phi) is 4.85. The molecular weight excluding hydrogens is 266 g/mol. The second-order valence-electron chi connectivity index (χ2n) is 5.46. The lowest BCUT2D eigenvalue weighted by Crippen LogP contribution is -2.16. The fourth-order valence-corrected chi connectivity index (χ4v) is 2.40. The Balaban J connectivity index is 2.37. The fourth-order valence-electron chi connectivity index (χ4n) is 2.40. The number of hydrogen-bond donors (Lipinski definition) is 1. The van der Waals surface area contributed by atoms with Crippen molar-refractivity contribution < 1.29 is 9.47 Å². The predicted molar refractivity (Wildman–Crippen MR) is 83.1 cm³/mol. The van der Waals surface area contributed by atoms with Crippen molar-refractivity contribution in [2.24, 2.45) is 11.7 Å². The normalized spacial score (nSPS) is 12.5. The molecule has 2 rings (SSSR count). The van der Waals surface area contributed by atoms with E-state index in [1.165, 1.54) is 0 Å². The maximum absolute atomic E-state index is 6.29. The molecule has 1 atom stereocenters. The number of ether oxygens (including phenoxy) is 2. The van der Waals surface area contributed by atoms with Gasteiger partial charge in [0, 0.05) is 12.1 Å². The highest BCUT2D eigenvalue weighted by atomic mass is 16.5. The zero-order chi connectivity index (χ0) is 15.4. The smallest absolute Gasteiger partial charge is 0.162 e. The molecule has 1 unspecified atom stereocenters. The van der Waals surface area contributed by atoms with E-state index in [1.54, 1.807) is 20.5 Å². The van der Waals surface area contributed by atoms with Crippen molar-refractivity contribution in [3.63, 3.8) is 0 Å². The van der Waals surface area contributed by atoms with Crippen LogP contribution in [0.4, 0.5) is 0 Å². The third kappa shape index (κ3) is 3.36. The first-order valence-electron chi connectivity index (χ1n) is 7.07. The van der Waals surface area contributed by atoms with Crippen LogP contribution in [0.15, 0.2) is 30.7 Å². The van der Waals surface area contributed by atoms with Crippen LogP contribution < -0.4 is 15.2 Å². The maximum atomic E-state index is 6.29. The maximum Gasteiger partial charge on any atom is 0.162 e. The Morgan fingerprint density at radius 2 is 1.90 bits per heavy atom. The molecule has 0 aliphatic heterocycles. The number of aromatic nitrogens is 2. The van der Waals surface area contributed by atoms with E-state index in [2.05, 4.69) is 18.8 Å². The molecule has 0 amide bonds.